The number of benzene rings is 2. The number of aliphatic hydroxyl groups is 2. The fourth-order valence-corrected chi connectivity index (χ4v) is 2.91. The molecule has 0 aliphatic carbocycles. The molecule has 3 aromatic rings. The van der Waals surface area contributed by atoms with Gasteiger partial charge < -0.3 is 19.9 Å². The van der Waals surface area contributed by atoms with Crippen molar-refractivity contribution in [1.82, 2.24) is 5.32 Å². The number of hydrogen-bond donors (Lipinski definition) is 3. The monoisotopic (exact) mass is 357 g/mol. The van der Waals surface area contributed by atoms with Gasteiger partial charge in [-0.25, -0.2) is 4.39 Å². The average Bonchev–Trinajstić information content (AvgIpc) is 3.03. The summed E-state index contributed by atoms with van der Waals surface area (Å²) in [4.78, 5) is 12.3. The third kappa shape index (κ3) is 4.28. The van der Waals surface area contributed by atoms with Crippen LogP contribution >= 0.6 is 0 Å². The molecule has 26 heavy (non-hydrogen) atoms. The van der Waals surface area contributed by atoms with Crippen molar-refractivity contribution in [2.24, 2.45) is 0 Å². The predicted octanol–water partition coefficient (Wildman–Crippen LogP) is 2.72. The van der Waals surface area contributed by atoms with Gasteiger partial charge in [0.05, 0.1) is 31.4 Å². The minimum absolute atomic E-state index is 0.0383. The van der Waals surface area contributed by atoms with Gasteiger partial charge in [-0.15, -0.1) is 0 Å². The number of carbonyl (C=O) groups excluding carboxylic acids is 1. The highest BCUT2D eigenvalue weighted by Gasteiger charge is 2.18. The van der Waals surface area contributed by atoms with Gasteiger partial charge in [0.15, 0.2) is 0 Å². The van der Waals surface area contributed by atoms with Crippen molar-refractivity contribution in [3.8, 4) is 0 Å². The van der Waals surface area contributed by atoms with E-state index >= 15 is 0 Å². The highest BCUT2D eigenvalue weighted by Crippen LogP contribution is 2.23. The van der Waals surface area contributed by atoms with Crippen molar-refractivity contribution in [3.63, 3.8) is 0 Å². The maximum atomic E-state index is 13.2. The lowest BCUT2D eigenvalue weighted by atomic mass is 10.0. The topological polar surface area (TPSA) is 82.7 Å². The van der Waals surface area contributed by atoms with Gasteiger partial charge in [0.1, 0.15) is 11.4 Å². The lowest BCUT2D eigenvalue weighted by Crippen LogP contribution is -2.39. The lowest BCUT2D eigenvalue weighted by Gasteiger charge is -2.20. The Bertz CT molecular complexity index is 878. The van der Waals surface area contributed by atoms with E-state index in [4.69, 9.17) is 4.42 Å². The smallest absolute Gasteiger partial charge is 0.224 e. The summed E-state index contributed by atoms with van der Waals surface area (Å²) in [6, 6.07) is 12.6. The van der Waals surface area contributed by atoms with E-state index in [0.29, 0.717) is 16.5 Å². The zero-order valence-electron chi connectivity index (χ0n) is 14.1. The second-order valence-electron chi connectivity index (χ2n) is 6.19. The Labute approximate surface area is 150 Å². The lowest BCUT2D eigenvalue weighted by molar-refractivity contribution is -0.121. The van der Waals surface area contributed by atoms with E-state index in [0.717, 1.165) is 5.56 Å². The summed E-state index contributed by atoms with van der Waals surface area (Å²) in [5.74, 6) is -0.713. The molecule has 3 rings (SSSR count). The summed E-state index contributed by atoms with van der Waals surface area (Å²) in [6.07, 6.45) is 0.878. The highest BCUT2D eigenvalue weighted by atomic mass is 19.1. The first-order chi connectivity index (χ1) is 12.6. The van der Waals surface area contributed by atoms with Crippen LogP contribution in [0.5, 0.6) is 0 Å². The number of halogens is 1. The minimum Gasteiger partial charge on any atom is -0.464 e. The van der Waals surface area contributed by atoms with E-state index in [9.17, 15) is 19.4 Å². The summed E-state index contributed by atoms with van der Waals surface area (Å²) in [5, 5.41) is 23.1. The normalized spacial score (nSPS) is 13.5. The minimum atomic E-state index is -0.786. The van der Waals surface area contributed by atoms with Crippen molar-refractivity contribution < 1.29 is 23.8 Å². The number of rotatable bonds is 7. The summed E-state index contributed by atoms with van der Waals surface area (Å²) < 4.78 is 18.5. The van der Waals surface area contributed by atoms with Gasteiger partial charge in [-0.05, 0) is 24.1 Å². The van der Waals surface area contributed by atoms with Gasteiger partial charge in [0.25, 0.3) is 0 Å². The SMILES string of the molecule is O=C(Cc1coc2cc(F)ccc12)NC(CO)CC(O)c1ccccc1. The van der Waals surface area contributed by atoms with Gasteiger partial charge in [0, 0.05) is 17.0 Å². The second kappa shape index (κ2) is 8.12. The van der Waals surface area contributed by atoms with Crippen LogP contribution in [0, 0.1) is 5.82 Å². The molecule has 0 fully saturated rings. The predicted molar refractivity (Wildman–Crippen MR) is 94.9 cm³/mol. The molecular formula is C20H20FNO4. The molecule has 0 aliphatic heterocycles. The molecule has 5 nitrogen and oxygen atoms in total. The zero-order chi connectivity index (χ0) is 18.5. The molecule has 2 atom stereocenters. The number of amides is 1. The van der Waals surface area contributed by atoms with Crippen LogP contribution < -0.4 is 5.32 Å². The van der Waals surface area contributed by atoms with Crippen LogP contribution in [0.25, 0.3) is 11.0 Å². The molecule has 6 heteroatoms. The quantitative estimate of drug-likeness (QED) is 0.607. The van der Waals surface area contributed by atoms with Crippen molar-refractivity contribution in [3.05, 3.63) is 71.7 Å². The van der Waals surface area contributed by atoms with E-state index < -0.39 is 18.0 Å². The number of hydrogen-bond acceptors (Lipinski definition) is 4. The molecule has 0 saturated heterocycles. The van der Waals surface area contributed by atoms with Crippen molar-refractivity contribution in [2.45, 2.75) is 25.0 Å². The van der Waals surface area contributed by atoms with E-state index in [-0.39, 0.29) is 25.4 Å². The van der Waals surface area contributed by atoms with Crippen LogP contribution in [0.3, 0.4) is 0 Å². The molecule has 2 aromatic carbocycles. The van der Waals surface area contributed by atoms with Crippen LogP contribution in [0.4, 0.5) is 4.39 Å². The van der Waals surface area contributed by atoms with E-state index in [1.165, 1.54) is 18.4 Å². The van der Waals surface area contributed by atoms with Gasteiger partial charge in [-0.3, -0.25) is 4.79 Å². The zero-order valence-corrected chi connectivity index (χ0v) is 14.1. The van der Waals surface area contributed by atoms with Crippen LogP contribution in [0.15, 0.2) is 59.2 Å². The summed E-state index contributed by atoms with van der Waals surface area (Å²) in [5.41, 5.74) is 1.74. The molecule has 1 aromatic heterocycles. The second-order valence-corrected chi connectivity index (χ2v) is 6.19. The van der Waals surface area contributed by atoms with Gasteiger partial charge in [0.2, 0.25) is 5.91 Å². The first-order valence-corrected chi connectivity index (χ1v) is 8.35. The standard InChI is InChI=1S/C20H20FNO4/c21-15-6-7-17-14(12-26-19(17)9-15)8-20(25)22-16(11-23)10-18(24)13-4-2-1-3-5-13/h1-7,9,12,16,18,23-24H,8,10-11H2,(H,22,25). The Morgan fingerprint density at radius 1 is 1.19 bits per heavy atom. The Balaban J connectivity index is 1.62. The Morgan fingerprint density at radius 3 is 2.69 bits per heavy atom. The number of carbonyl (C=O) groups is 1. The maximum Gasteiger partial charge on any atom is 0.224 e. The molecule has 1 amide bonds. The largest absolute Gasteiger partial charge is 0.464 e. The molecule has 0 aliphatic rings. The average molecular weight is 357 g/mol. The van der Waals surface area contributed by atoms with Crippen LogP contribution in [0.2, 0.25) is 0 Å². The third-order valence-electron chi connectivity index (χ3n) is 4.25. The number of aliphatic hydroxyl groups excluding tert-OH is 2. The molecule has 0 spiro atoms. The molecule has 0 saturated carbocycles. The van der Waals surface area contributed by atoms with Gasteiger partial charge in [-0.1, -0.05) is 30.3 Å². The van der Waals surface area contributed by atoms with Crippen LogP contribution in [0.1, 0.15) is 23.7 Å². The molecular weight excluding hydrogens is 337 g/mol. The Kier molecular flexibility index (Phi) is 5.65. The third-order valence-corrected chi connectivity index (χ3v) is 4.25. The Morgan fingerprint density at radius 2 is 1.96 bits per heavy atom. The molecule has 0 bridgehead atoms. The van der Waals surface area contributed by atoms with E-state index in [1.807, 2.05) is 18.2 Å². The first-order valence-electron chi connectivity index (χ1n) is 8.35. The van der Waals surface area contributed by atoms with Crippen molar-refractivity contribution >= 4 is 16.9 Å². The molecule has 0 radical (unpaired) electrons. The fourth-order valence-electron chi connectivity index (χ4n) is 2.91. The number of furan rings is 1. The Hall–Kier alpha value is -2.70. The summed E-state index contributed by atoms with van der Waals surface area (Å²) in [6.45, 7) is -0.285. The molecule has 2 unspecified atom stereocenters. The molecule has 1 heterocycles. The fraction of sp³-hybridized carbons (Fsp3) is 0.250. The van der Waals surface area contributed by atoms with E-state index in [1.54, 1.807) is 18.2 Å². The van der Waals surface area contributed by atoms with Crippen LogP contribution in [-0.4, -0.2) is 28.8 Å². The molecule has 3 N–H and O–H groups in total. The van der Waals surface area contributed by atoms with Crippen LogP contribution in [-0.2, 0) is 11.2 Å². The maximum absolute atomic E-state index is 13.2. The van der Waals surface area contributed by atoms with Gasteiger partial charge in [-0.2, -0.15) is 0 Å². The van der Waals surface area contributed by atoms with E-state index in [2.05, 4.69) is 5.32 Å². The first kappa shape index (κ1) is 18.1. The highest BCUT2D eigenvalue weighted by molar-refractivity contribution is 5.87. The van der Waals surface area contributed by atoms with Crippen molar-refractivity contribution in [2.75, 3.05) is 6.61 Å². The number of fused-ring (bicyclic) bond motifs is 1. The molecule has 136 valence electrons. The summed E-state index contributed by atoms with van der Waals surface area (Å²) in [7, 11) is 0. The van der Waals surface area contributed by atoms with Gasteiger partial charge >= 0.3 is 0 Å². The summed E-state index contributed by atoms with van der Waals surface area (Å²) >= 11 is 0. The number of nitrogens with one attached hydrogen (secondary N) is 1. The van der Waals surface area contributed by atoms with Crippen molar-refractivity contribution in [1.29, 1.82) is 0 Å².